The highest BCUT2D eigenvalue weighted by Crippen LogP contribution is 2.28. The summed E-state index contributed by atoms with van der Waals surface area (Å²) in [4.78, 5) is 0. The van der Waals surface area contributed by atoms with Gasteiger partial charge in [0, 0.05) is 19.3 Å². The van der Waals surface area contributed by atoms with Gasteiger partial charge >= 0.3 is 0 Å². The van der Waals surface area contributed by atoms with Gasteiger partial charge < -0.3 is 10.1 Å². The molecule has 1 rings (SSSR count). The van der Waals surface area contributed by atoms with Crippen LogP contribution in [-0.2, 0) is 4.74 Å². The zero-order chi connectivity index (χ0) is 12.3. The van der Waals surface area contributed by atoms with Crippen molar-refractivity contribution in [2.45, 2.75) is 71.3 Å². The van der Waals surface area contributed by atoms with Gasteiger partial charge in [0.2, 0.25) is 0 Å². The van der Waals surface area contributed by atoms with E-state index in [2.05, 4.69) is 19.2 Å². The van der Waals surface area contributed by atoms with Crippen LogP contribution in [0.2, 0.25) is 0 Å². The molecule has 1 saturated carbocycles. The van der Waals surface area contributed by atoms with E-state index >= 15 is 0 Å². The molecule has 17 heavy (non-hydrogen) atoms. The van der Waals surface area contributed by atoms with Gasteiger partial charge in [-0.2, -0.15) is 0 Å². The Hall–Kier alpha value is -0.0800. The van der Waals surface area contributed by atoms with E-state index in [1.54, 1.807) is 0 Å². The fourth-order valence-electron chi connectivity index (χ4n) is 2.99. The van der Waals surface area contributed by atoms with Gasteiger partial charge in [0.05, 0.1) is 0 Å². The van der Waals surface area contributed by atoms with E-state index in [9.17, 15) is 0 Å². The van der Waals surface area contributed by atoms with Gasteiger partial charge in [-0.25, -0.2) is 0 Å². The van der Waals surface area contributed by atoms with Crippen LogP contribution in [0.25, 0.3) is 0 Å². The van der Waals surface area contributed by atoms with Crippen molar-refractivity contribution >= 4 is 0 Å². The fourth-order valence-corrected chi connectivity index (χ4v) is 2.99. The van der Waals surface area contributed by atoms with E-state index in [1.807, 2.05) is 0 Å². The molecule has 0 radical (unpaired) electrons. The first-order chi connectivity index (χ1) is 8.36. The number of rotatable bonds is 9. The molecule has 1 aliphatic carbocycles. The van der Waals surface area contributed by atoms with Gasteiger partial charge in [0.25, 0.3) is 0 Å². The average Bonchev–Trinajstić information content (AvgIpc) is 2.36. The Kier molecular flexibility index (Phi) is 8.72. The second kappa shape index (κ2) is 9.90. The van der Waals surface area contributed by atoms with Crippen LogP contribution >= 0.6 is 0 Å². The van der Waals surface area contributed by atoms with Crippen LogP contribution in [0.1, 0.15) is 65.2 Å². The Bertz CT molecular complexity index is 166. The summed E-state index contributed by atoms with van der Waals surface area (Å²) in [6.07, 6.45) is 11.2. The van der Waals surface area contributed by atoms with E-state index in [-0.39, 0.29) is 0 Å². The molecule has 1 unspecified atom stereocenters. The van der Waals surface area contributed by atoms with Crippen LogP contribution in [0, 0.1) is 5.92 Å². The minimum Gasteiger partial charge on any atom is -0.382 e. The maximum absolute atomic E-state index is 5.42. The van der Waals surface area contributed by atoms with Crippen LogP contribution in [0.4, 0.5) is 0 Å². The lowest BCUT2D eigenvalue weighted by molar-refractivity contribution is 0.139. The Morgan fingerprint density at radius 3 is 2.59 bits per heavy atom. The molecule has 1 aliphatic rings. The molecule has 0 aromatic rings. The molecule has 2 nitrogen and oxygen atoms in total. The molecule has 2 heteroatoms. The molecule has 0 bridgehead atoms. The third-order valence-electron chi connectivity index (χ3n) is 3.88. The van der Waals surface area contributed by atoms with Crippen molar-refractivity contribution in [3.05, 3.63) is 0 Å². The minimum absolute atomic E-state index is 0.726. The molecule has 0 amide bonds. The first kappa shape index (κ1) is 15.0. The normalized spacial score (nSPS) is 19.4. The van der Waals surface area contributed by atoms with Gasteiger partial charge in [-0.15, -0.1) is 0 Å². The molecule has 1 N–H and O–H groups in total. The minimum atomic E-state index is 0.726. The summed E-state index contributed by atoms with van der Waals surface area (Å²) >= 11 is 0. The molecule has 0 aromatic carbocycles. The molecule has 1 atom stereocenters. The first-order valence-electron chi connectivity index (χ1n) is 7.68. The molecule has 0 aromatic heterocycles. The number of ether oxygens (including phenoxy) is 1. The van der Waals surface area contributed by atoms with E-state index in [1.165, 1.54) is 51.4 Å². The standard InChI is InChI=1S/C15H31NO/c1-3-16-15(11-8-12-17-4-2)13-14-9-6-5-7-10-14/h14-16H,3-13H2,1-2H3. The van der Waals surface area contributed by atoms with Crippen LogP contribution in [0.3, 0.4) is 0 Å². The predicted molar refractivity (Wildman–Crippen MR) is 74.4 cm³/mol. The maximum atomic E-state index is 5.42. The number of nitrogens with one attached hydrogen (secondary N) is 1. The van der Waals surface area contributed by atoms with Gasteiger partial charge in [0.1, 0.15) is 0 Å². The number of hydrogen-bond acceptors (Lipinski definition) is 2. The fraction of sp³-hybridized carbons (Fsp3) is 1.00. The molecule has 0 spiro atoms. The van der Waals surface area contributed by atoms with Crippen molar-refractivity contribution < 1.29 is 4.74 Å². The highest BCUT2D eigenvalue weighted by molar-refractivity contribution is 4.74. The molecular weight excluding hydrogens is 210 g/mol. The quantitative estimate of drug-likeness (QED) is 0.621. The molecular formula is C15H31NO. The summed E-state index contributed by atoms with van der Waals surface area (Å²) in [5.74, 6) is 0.986. The van der Waals surface area contributed by atoms with E-state index in [0.29, 0.717) is 0 Å². The molecule has 0 heterocycles. The van der Waals surface area contributed by atoms with Gasteiger partial charge in [-0.3, -0.25) is 0 Å². The summed E-state index contributed by atoms with van der Waals surface area (Å²) in [5.41, 5.74) is 0. The third-order valence-corrected chi connectivity index (χ3v) is 3.88. The van der Waals surface area contributed by atoms with Crippen molar-refractivity contribution in [2.75, 3.05) is 19.8 Å². The SMILES string of the molecule is CCNC(CCCOCC)CC1CCCCC1. The van der Waals surface area contributed by atoms with E-state index in [0.717, 1.165) is 31.7 Å². The highest BCUT2D eigenvalue weighted by Gasteiger charge is 2.18. The number of hydrogen-bond donors (Lipinski definition) is 1. The largest absolute Gasteiger partial charge is 0.382 e. The van der Waals surface area contributed by atoms with Crippen molar-refractivity contribution in [1.82, 2.24) is 5.32 Å². The zero-order valence-electron chi connectivity index (χ0n) is 11.8. The van der Waals surface area contributed by atoms with Crippen molar-refractivity contribution in [1.29, 1.82) is 0 Å². The topological polar surface area (TPSA) is 21.3 Å². The van der Waals surface area contributed by atoms with Crippen LogP contribution in [0.5, 0.6) is 0 Å². The van der Waals surface area contributed by atoms with Crippen LogP contribution < -0.4 is 5.32 Å². The zero-order valence-corrected chi connectivity index (χ0v) is 11.8. The highest BCUT2D eigenvalue weighted by atomic mass is 16.5. The molecule has 102 valence electrons. The lowest BCUT2D eigenvalue weighted by atomic mass is 9.84. The lowest BCUT2D eigenvalue weighted by Gasteiger charge is -2.27. The Morgan fingerprint density at radius 2 is 1.94 bits per heavy atom. The Labute approximate surface area is 108 Å². The van der Waals surface area contributed by atoms with Crippen molar-refractivity contribution in [3.63, 3.8) is 0 Å². The smallest absolute Gasteiger partial charge is 0.0466 e. The molecule has 1 fully saturated rings. The molecule has 0 saturated heterocycles. The van der Waals surface area contributed by atoms with Crippen molar-refractivity contribution in [2.24, 2.45) is 5.92 Å². The summed E-state index contributed by atoms with van der Waals surface area (Å²) in [7, 11) is 0. The Morgan fingerprint density at radius 1 is 1.18 bits per heavy atom. The van der Waals surface area contributed by atoms with Gasteiger partial charge in [-0.05, 0) is 38.6 Å². The summed E-state index contributed by atoms with van der Waals surface area (Å²) in [5, 5.41) is 3.65. The van der Waals surface area contributed by atoms with Crippen molar-refractivity contribution in [3.8, 4) is 0 Å². The predicted octanol–water partition coefficient (Wildman–Crippen LogP) is 3.75. The summed E-state index contributed by atoms with van der Waals surface area (Å²) in [6, 6.07) is 0.726. The Balaban J connectivity index is 2.16. The average molecular weight is 241 g/mol. The van der Waals surface area contributed by atoms with Crippen LogP contribution in [-0.4, -0.2) is 25.8 Å². The summed E-state index contributed by atoms with van der Waals surface area (Å²) < 4.78 is 5.42. The van der Waals surface area contributed by atoms with Crippen LogP contribution in [0.15, 0.2) is 0 Å². The van der Waals surface area contributed by atoms with Gasteiger partial charge in [-0.1, -0.05) is 39.0 Å². The first-order valence-corrected chi connectivity index (χ1v) is 7.68. The van der Waals surface area contributed by atoms with E-state index in [4.69, 9.17) is 4.74 Å². The van der Waals surface area contributed by atoms with E-state index < -0.39 is 0 Å². The maximum Gasteiger partial charge on any atom is 0.0466 e. The third kappa shape index (κ3) is 7.05. The second-order valence-corrected chi connectivity index (χ2v) is 5.33. The molecule has 0 aliphatic heterocycles. The monoisotopic (exact) mass is 241 g/mol. The lowest BCUT2D eigenvalue weighted by Crippen LogP contribution is -2.31. The summed E-state index contributed by atoms with van der Waals surface area (Å²) in [6.45, 7) is 7.18. The second-order valence-electron chi connectivity index (χ2n) is 5.33. The van der Waals surface area contributed by atoms with Gasteiger partial charge in [0.15, 0.2) is 0 Å².